The highest BCUT2D eigenvalue weighted by Crippen LogP contribution is 2.49. The number of thiophene rings is 1. The van der Waals surface area contributed by atoms with Crippen LogP contribution in [0.5, 0.6) is 5.75 Å². The Labute approximate surface area is 247 Å². The van der Waals surface area contributed by atoms with Crippen molar-refractivity contribution in [1.29, 1.82) is 0 Å². The maximum Gasteiger partial charge on any atom is 0.262 e. The van der Waals surface area contributed by atoms with Crippen LogP contribution in [0.4, 0.5) is 5.69 Å². The molecule has 6 rings (SSSR count). The summed E-state index contributed by atoms with van der Waals surface area (Å²) in [7, 11) is 0. The third-order valence-electron chi connectivity index (χ3n) is 8.65. The van der Waals surface area contributed by atoms with Crippen LogP contribution >= 0.6 is 11.3 Å². The second kappa shape index (κ2) is 11.1. The fraction of sp³-hybridized carbons (Fsp3) is 0.387. The summed E-state index contributed by atoms with van der Waals surface area (Å²) in [4.78, 5) is 40.0. The van der Waals surface area contributed by atoms with Crippen LogP contribution in [0.15, 0.2) is 49.1 Å². The van der Waals surface area contributed by atoms with Crippen LogP contribution in [0.1, 0.15) is 64.5 Å². The minimum absolute atomic E-state index is 0.0774. The lowest BCUT2D eigenvalue weighted by Crippen LogP contribution is -2.52. The second-order valence-electron chi connectivity index (χ2n) is 11.2. The first-order valence-corrected chi connectivity index (χ1v) is 15.1. The maximum absolute atomic E-state index is 14.1. The molecule has 1 saturated heterocycles. The molecule has 220 valence electrons. The van der Waals surface area contributed by atoms with Crippen LogP contribution in [0, 0.1) is 0 Å². The van der Waals surface area contributed by atoms with E-state index in [-0.39, 0.29) is 30.0 Å². The number of benzene rings is 2. The molecule has 2 aliphatic carbocycles. The van der Waals surface area contributed by atoms with Gasteiger partial charge in [0.25, 0.3) is 5.91 Å². The van der Waals surface area contributed by atoms with Crippen molar-refractivity contribution in [2.45, 2.75) is 61.9 Å². The predicted molar refractivity (Wildman–Crippen MR) is 161 cm³/mol. The first kappa shape index (κ1) is 28.4. The molecule has 0 spiro atoms. The molecule has 1 aliphatic heterocycles. The van der Waals surface area contributed by atoms with Crippen molar-refractivity contribution in [1.82, 2.24) is 10.6 Å². The number of nitrogens with two attached hydrogens (primary N) is 3. The van der Waals surface area contributed by atoms with Gasteiger partial charge in [0.15, 0.2) is 5.78 Å². The van der Waals surface area contributed by atoms with Crippen molar-refractivity contribution in [3.8, 4) is 5.75 Å². The molecular weight excluding hydrogens is 554 g/mol. The molecule has 4 atom stereocenters. The van der Waals surface area contributed by atoms with Gasteiger partial charge in [-0.05, 0) is 54.7 Å². The van der Waals surface area contributed by atoms with Crippen molar-refractivity contribution in [2.75, 3.05) is 18.9 Å². The molecule has 1 aromatic heterocycles. The molecule has 8 N–H and O–H groups in total. The van der Waals surface area contributed by atoms with Gasteiger partial charge >= 0.3 is 0 Å². The Morgan fingerprint density at radius 2 is 1.74 bits per heavy atom. The molecule has 10 nitrogen and oxygen atoms in total. The monoisotopic (exact) mass is 589 g/mol. The fourth-order valence-electron chi connectivity index (χ4n) is 6.41. The van der Waals surface area contributed by atoms with Crippen molar-refractivity contribution in [3.63, 3.8) is 0 Å². The number of anilines is 1. The molecule has 42 heavy (non-hydrogen) atoms. The summed E-state index contributed by atoms with van der Waals surface area (Å²) in [5.41, 5.74) is 20.5. The normalized spacial score (nSPS) is 25.8. The predicted octanol–water partition coefficient (Wildman–Crippen LogP) is 2.78. The Morgan fingerprint density at radius 3 is 2.43 bits per heavy atom. The summed E-state index contributed by atoms with van der Waals surface area (Å²) >= 11 is 1.21. The Bertz CT molecular complexity index is 1560. The average molecular weight is 590 g/mol. The van der Waals surface area contributed by atoms with Crippen molar-refractivity contribution >= 4 is 44.7 Å². The first-order valence-electron chi connectivity index (χ1n) is 14.2. The zero-order chi connectivity index (χ0) is 29.6. The van der Waals surface area contributed by atoms with Crippen LogP contribution in [0.25, 0.3) is 10.1 Å². The SMILES string of the molecule is C=CC(=O)N[C@H]1CCC[C@H]1NC(=O)c1sc2c(N)ccc3c2c1C(N)C(=O)C3(N)c1ccc(OC2CCOCC2)cc1. The number of Topliss-reactive ketones (excluding diaryl/α,β-unsaturated/α-hetero) is 1. The van der Waals surface area contributed by atoms with E-state index in [0.717, 1.165) is 25.7 Å². The van der Waals surface area contributed by atoms with Gasteiger partial charge in [-0.25, -0.2) is 0 Å². The van der Waals surface area contributed by atoms with E-state index in [4.69, 9.17) is 26.7 Å². The number of amides is 2. The maximum atomic E-state index is 14.1. The Kier molecular flexibility index (Phi) is 7.52. The fourth-order valence-corrected chi connectivity index (χ4v) is 7.61. The lowest BCUT2D eigenvalue weighted by molar-refractivity contribution is -0.124. The quantitative estimate of drug-likeness (QED) is 0.207. The van der Waals surface area contributed by atoms with E-state index in [1.165, 1.54) is 17.4 Å². The number of hydrogen-bond donors (Lipinski definition) is 5. The number of rotatable bonds is 7. The van der Waals surface area contributed by atoms with Crippen molar-refractivity contribution in [2.24, 2.45) is 11.5 Å². The van der Waals surface area contributed by atoms with Crippen LogP contribution in [-0.4, -0.2) is 49.0 Å². The summed E-state index contributed by atoms with van der Waals surface area (Å²) in [5, 5.41) is 6.60. The van der Waals surface area contributed by atoms with E-state index in [9.17, 15) is 14.4 Å². The lowest BCUT2D eigenvalue weighted by atomic mass is 9.70. The van der Waals surface area contributed by atoms with E-state index in [1.54, 1.807) is 24.3 Å². The largest absolute Gasteiger partial charge is 0.490 e. The molecule has 2 heterocycles. The van der Waals surface area contributed by atoms with E-state index in [0.29, 0.717) is 62.7 Å². The number of ether oxygens (including phenoxy) is 2. The number of nitrogen functional groups attached to an aromatic ring is 1. The highest BCUT2D eigenvalue weighted by molar-refractivity contribution is 7.21. The lowest BCUT2D eigenvalue weighted by Gasteiger charge is -2.36. The third kappa shape index (κ3) is 4.76. The zero-order valence-corrected chi connectivity index (χ0v) is 24.0. The highest BCUT2D eigenvalue weighted by atomic mass is 32.1. The Morgan fingerprint density at radius 1 is 1.05 bits per heavy atom. The molecule has 2 fully saturated rings. The standard InChI is InChI=1S/C31H35N5O5S/c1-2-23(37)35-21-4-3-5-22(21)36-30(39)28-25-24-19(10-11-20(32)27(24)42-28)31(34,29(38)26(25)33)16-6-8-17(9-7-16)41-18-12-14-40-15-13-18/h2,6-11,18,21-22,26H,1,3-5,12-15,32-34H2,(H,35,37)(H,36,39)/t21-,22+,26?,31?/m0/s1. The second-order valence-corrected chi connectivity index (χ2v) is 12.2. The topological polar surface area (TPSA) is 172 Å². The summed E-state index contributed by atoms with van der Waals surface area (Å²) in [6.45, 7) is 4.85. The smallest absolute Gasteiger partial charge is 0.262 e. The molecule has 0 bridgehead atoms. The Hall–Kier alpha value is -3.77. The number of carbonyl (C=O) groups is 3. The van der Waals surface area contributed by atoms with Crippen LogP contribution in [0.2, 0.25) is 0 Å². The number of nitrogens with one attached hydrogen (secondary N) is 2. The third-order valence-corrected chi connectivity index (χ3v) is 9.90. The summed E-state index contributed by atoms with van der Waals surface area (Å²) in [6.07, 6.45) is 5.25. The van der Waals surface area contributed by atoms with Gasteiger partial charge in [0.1, 0.15) is 17.4 Å². The molecule has 3 aliphatic rings. The first-order chi connectivity index (χ1) is 20.2. The summed E-state index contributed by atoms with van der Waals surface area (Å²) < 4.78 is 12.2. The number of hydrogen-bond acceptors (Lipinski definition) is 9. The van der Waals surface area contributed by atoms with Crippen LogP contribution in [0.3, 0.4) is 0 Å². The van der Waals surface area contributed by atoms with Crippen molar-refractivity contribution < 1.29 is 23.9 Å². The van der Waals surface area contributed by atoms with E-state index < -0.39 is 17.4 Å². The molecule has 1 saturated carbocycles. The van der Waals surface area contributed by atoms with E-state index >= 15 is 0 Å². The zero-order valence-electron chi connectivity index (χ0n) is 23.2. The van der Waals surface area contributed by atoms with E-state index in [1.807, 2.05) is 12.1 Å². The molecule has 3 aromatic rings. The average Bonchev–Trinajstić information content (AvgIpc) is 3.61. The summed E-state index contributed by atoms with van der Waals surface area (Å²) in [5.74, 6) is -0.369. The minimum Gasteiger partial charge on any atom is -0.490 e. The molecular formula is C31H35N5O5S. The minimum atomic E-state index is -1.55. The molecule has 11 heteroatoms. The van der Waals surface area contributed by atoms with Gasteiger partial charge in [-0.1, -0.05) is 24.8 Å². The van der Waals surface area contributed by atoms with Crippen LogP contribution in [-0.2, 0) is 19.9 Å². The van der Waals surface area contributed by atoms with E-state index in [2.05, 4.69) is 17.2 Å². The van der Waals surface area contributed by atoms with Gasteiger partial charge in [0.05, 0.1) is 28.8 Å². The highest BCUT2D eigenvalue weighted by Gasteiger charge is 2.49. The Balaban J connectivity index is 1.35. The molecule has 2 unspecified atom stereocenters. The van der Waals surface area contributed by atoms with Gasteiger partial charge in [-0.15, -0.1) is 11.3 Å². The van der Waals surface area contributed by atoms with Crippen LogP contribution < -0.4 is 32.6 Å². The molecule has 2 aromatic carbocycles. The van der Waals surface area contributed by atoms with Gasteiger partial charge in [-0.2, -0.15) is 0 Å². The van der Waals surface area contributed by atoms with Crippen molar-refractivity contribution in [3.05, 3.63) is 70.6 Å². The number of carbonyl (C=O) groups excluding carboxylic acids is 3. The summed E-state index contributed by atoms with van der Waals surface area (Å²) in [6, 6.07) is 9.08. The van der Waals surface area contributed by atoms with Gasteiger partial charge in [-0.3, -0.25) is 14.4 Å². The van der Waals surface area contributed by atoms with Gasteiger partial charge < -0.3 is 37.3 Å². The van der Waals surface area contributed by atoms with Gasteiger partial charge in [0, 0.05) is 41.6 Å². The molecule has 0 radical (unpaired) electrons. The molecule has 2 amide bonds. The van der Waals surface area contributed by atoms with Gasteiger partial charge in [0.2, 0.25) is 5.91 Å². The number of ketones is 1.